The summed E-state index contributed by atoms with van der Waals surface area (Å²) < 4.78 is 22.5. The molecule has 0 saturated carbocycles. The fourth-order valence-corrected chi connectivity index (χ4v) is 4.48. The number of sulfonamides is 1. The van der Waals surface area contributed by atoms with Crippen molar-refractivity contribution in [2.75, 3.05) is 6.54 Å². The Balaban J connectivity index is 1.86. The van der Waals surface area contributed by atoms with Crippen LogP contribution in [0.5, 0.6) is 0 Å². The highest BCUT2D eigenvalue weighted by atomic mass is 32.2. The van der Waals surface area contributed by atoms with Gasteiger partial charge in [-0.2, -0.15) is 0 Å². The molecule has 0 bridgehead atoms. The molecule has 0 aliphatic heterocycles. The minimum Gasteiger partial charge on any atom is -0.481 e. The van der Waals surface area contributed by atoms with Crippen molar-refractivity contribution in [3.8, 4) is 0 Å². The summed E-state index contributed by atoms with van der Waals surface area (Å²) >= 11 is 0. The molecule has 0 aliphatic rings. The summed E-state index contributed by atoms with van der Waals surface area (Å²) in [5.41, 5.74) is 0.959. The molecule has 1 aromatic rings. The summed E-state index contributed by atoms with van der Waals surface area (Å²) in [6, 6.07) is 6.42. The number of aliphatic carboxylic acids is 1. The van der Waals surface area contributed by atoms with E-state index in [4.69, 9.17) is 10.2 Å². The average molecular weight is 497 g/mol. The van der Waals surface area contributed by atoms with E-state index < -0.39 is 16.0 Å². The van der Waals surface area contributed by atoms with Crippen molar-refractivity contribution >= 4 is 21.9 Å². The summed E-state index contributed by atoms with van der Waals surface area (Å²) in [5.74, 6) is -0.615. The van der Waals surface area contributed by atoms with Crippen LogP contribution in [0.25, 0.3) is 0 Å². The number of amides is 1. The molecule has 0 aliphatic carbocycles. The maximum Gasteiger partial charge on any atom is 0.303 e. The van der Waals surface area contributed by atoms with E-state index in [9.17, 15) is 18.0 Å². The molecule has 0 atom stereocenters. The van der Waals surface area contributed by atoms with Crippen molar-refractivity contribution in [1.29, 1.82) is 0 Å². The third-order valence-corrected chi connectivity index (χ3v) is 6.96. The Morgan fingerprint density at radius 2 is 1.12 bits per heavy atom. The number of hydrogen-bond donors (Lipinski definition) is 3. The molecule has 7 nitrogen and oxygen atoms in total. The molecule has 0 fully saturated rings. The Kier molecular flexibility index (Phi) is 16.3. The molecule has 1 rings (SSSR count). The maximum absolute atomic E-state index is 11.9. The molecule has 8 heteroatoms. The smallest absolute Gasteiger partial charge is 0.303 e. The fraction of sp³-hybridized carbons (Fsp3) is 0.692. The summed E-state index contributed by atoms with van der Waals surface area (Å²) in [7, 11) is -3.67. The van der Waals surface area contributed by atoms with E-state index in [-0.39, 0.29) is 10.8 Å². The number of carbonyl (C=O) groups excluding carboxylic acids is 1. The topological polar surface area (TPSA) is 127 Å². The highest BCUT2D eigenvalue weighted by Crippen LogP contribution is 2.14. The van der Waals surface area contributed by atoms with Gasteiger partial charge in [-0.15, -0.1) is 0 Å². The van der Waals surface area contributed by atoms with Gasteiger partial charge >= 0.3 is 5.97 Å². The van der Waals surface area contributed by atoms with Crippen molar-refractivity contribution in [3.63, 3.8) is 0 Å². The Morgan fingerprint density at radius 3 is 1.53 bits per heavy atom. The van der Waals surface area contributed by atoms with Crippen LogP contribution in [0.4, 0.5) is 0 Å². The normalized spacial score (nSPS) is 11.4. The second kappa shape index (κ2) is 18.4. The molecular formula is C26H44N2O5S. The lowest BCUT2D eigenvalue weighted by Gasteiger charge is -2.06. The number of carboxylic acids is 1. The van der Waals surface area contributed by atoms with E-state index >= 15 is 0 Å². The van der Waals surface area contributed by atoms with Gasteiger partial charge in [0.2, 0.25) is 15.9 Å². The van der Waals surface area contributed by atoms with E-state index in [0.29, 0.717) is 25.8 Å². The zero-order valence-corrected chi connectivity index (χ0v) is 21.4. The summed E-state index contributed by atoms with van der Waals surface area (Å²) in [5, 5.41) is 16.6. The van der Waals surface area contributed by atoms with Crippen molar-refractivity contribution in [2.24, 2.45) is 5.14 Å². The summed E-state index contributed by atoms with van der Waals surface area (Å²) in [6.45, 7) is 0.540. The van der Waals surface area contributed by atoms with Gasteiger partial charge in [0.05, 0.1) is 4.90 Å². The number of primary sulfonamides is 1. The molecule has 1 amide bonds. The molecule has 1 aromatic carbocycles. The van der Waals surface area contributed by atoms with E-state index in [2.05, 4.69) is 5.32 Å². The molecular weight excluding hydrogens is 452 g/mol. The number of hydrogen-bond acceptors (Lipinski definition) is 4. The van der Waals surface area contributed by atoms with Crippen molar-refractivity contribution < 1.29 is 23.1 Å². The predicted molar refractivity (Wildman–Crippen MR) is 136 cm³/mol. The Hall–Kier alpha value is -1.93. The number of nitrogens with two attached hydrogens (primary N) is 1. The van der Waals surface area contributed by atoms with E-state index in [0.717, 1.165) is 37.7 Å². The van der Waals surface area contributed by atoms with Crippen LogP contribution in [0, 0.1) is 0 Å². The zero-order chi connectivity index (χ0) is 25.1. The molecule has 0 aromatic heterocycles. The van der Waals surface area contributed by atoms with Gasteiger partial charge in [-0.3, -0.25) is 9.59 Å². The molecule has 34 heavy (non-hydrogen) atoms. The molecule has 0 spiro atoms. The molecule has 0 radical (unpaired) electrons. The Morgan fingerprint density at radius 1 is 0.706 bits per heavy atom. The van der Waals surface area contributed by atoms with E-state index in [1.54, 1.807) is 12.1 Å². The van der Waals surface area contributed by atoms with Gasteiger partial charge in [0.1, 0.15) is 0 Å². The minimum absolute atomic E-state index is 0.0723. The van der Waals surface area contributed by atoms with Crippen molar-refractivity contribution in [1.82, 2.24) is 5.32 Å². The third-order valence-electron chi connectivity index (χ3n) is 6.03. The van der Waals surface area contributed by atoms with Crippen molar-refractivity contribution in [3.05, 3.63) is 29.8 Å². The van der Waals surface area contributed by atoms with Crippen LogP contribution in [-0.2, 0) is 26.0 Å². The lowest BCUT2D eigenvalue weighted by molar-refractivity contribution is -0.137. The second-order valence-electron chi connectivity index (χ2n) is 9.13. The van der Waals surface area contributed by atoms with Crippen LogP contribution >= 0.6 is 0 Å². The van der Waals surface area contributed by atoms with Gasteiger partial charge < -0.3 is 10.4 Å². The van der Waals surface area contributed by atoms with Gasteiger partial charge in [0.15, 0.2) is 0 Å². The van der Waals surface area contributed by atoms with Gasteiger partial charge in [0, 0.05) is 19.4 Å². The first-order valence-corrected chi connectivity index (χ1v) is 14.4. The SMILES string of the molecule is NS(=O)(=O)c1ccc(CCNC(=O)CCCCCCCCCCCCCCCCC(=O)O)cc1. The number of unbranched alkanes of at least 4 members (excludes halogenated alkanes) is 13. The van der Waals surface area contributed by atoms with Crippen molar-refractivity contribution in [2.45, 2.75) is 114 Å². The zero-order valence-electron chi connectivity index (χ0n) is 20.6. The van der Waals surface area contributed by atoms with Crippen LogP contribution in [0.15, 0.2) is 29.2 Å². The lowest BCUT2D eigenvalue weighted by Crippen LogP contribution is -2.25. The number of rotatable bonds is 21. The highest BCUT2D eigenvalue weighted by Gasteiger charge is 2.07. The molecule has 194 valence electrons. The molecule has 0 unspecified atom stereocenters. The van der Waals surface area contributed by atoms with Crippen LogP contribution < -0.4 is 10.5 Å². The third kappa shape index (κ3) is 16.6. The van der Waals surface area contributed by atoms with Gasteiger partial charge in [-0.05, 0) is 37.0 Å². The van der Waals surface area contributed by atoms with E-state index in [1.165, 1.54) is 69.9 Å². The Labute approximate surface area is 205 Å². The number of benzene rings is 1. The van der Waals surface area contributed by atoms with Crippen LogP contribution in [0.2, 0.25) is 0 Å². The molecule has 0 heterocycles. The molecule has 4 N–H and O–H groups in total. The minimum atomic E-state index is -3.67. The molecule has 0 saturated heterocycles. The van der Waals surface area contributed by atoms with Crippen LogP contribution in [0.1, 0.15) is 108 Å². The van der Waals surface area contributed by atoms with Gasteiger partial charge in [0.25, 0.3) is 0 Å². The summed E-state index contributed by atoms with van der Waals surface area (Å²) in [4.78, 5) is 22.5. The first-order valence-electron chi connectivity index (χ1n) is 12.9. The standard InChI is InChI=1S/C26H44N2O5S/c27-34(32,33)24-19-17-23(18-20-24)21-22-28-25(29)15-13-11-9-7-5-3-1-2-4-6-8-10-12-14-16-26(30)31/h17-20H,1-16,21-22H2,(H,28,29)(H,30,31)(H2,27,32,33). The first kappa shape index (κ1) is 30.1. The first-order chi connectivity index (χ1) is 16.3. The van der Waals surface area contributed by atoms with Gasteiger partial charge in [-0.1, -0.05) is 89.2 Å². The average Bonchev–Trinajstić information content (AvgIpc) is 2.78. The van der Waals surface area contributed by atoms with Gasteiger partial charge in [-0.25, -0.2) is 13.6 Å². The lowest BCUT2D eigenvalue weighted by atomic mass is 10.0. The number of nitrogens with one attached hydrogen (secondary N) is 1. The quantitative estimate of drug-likeness (QED) is 0.199. The van der Waals surface area contributed by atoms with Crippen LogP contribution in [0.3, 0.4) is 0 Å². The van der Waals surface area contributed by atoms with E-state index in [1.807, 2.05) is 0 Å². The monoisotopic (exact) mass is 496 g/mol. The number of carboxylic acid groups (broad SMARTS) is 1. The van der Waals surface area contributed by atoms with Crippen LogP contribution in [-0.4, -0.2) is 31.9 Å². The summed E-state index contributed by atoms with van der Waals surface area (Å²) in [6.07, 6.45) is 17.9. The predicted octanol–water partition coefficient (Wildman–Crippen LogP) is 5.32. The largest absolute Gasteiger partial charge is 0.481 e. The fourth-order valence-electron chi connectivity index (χ4n) is 3.96. The Bertz CT molecular complexity index is 794. The second-order valence-corrected chi connectivity index (χ2v) is 10.7. The number of carbonyl (C=O) groups is 2. The maximum atomic E-state index is 11.9. The highest BCUT2D eigenvalue weighted by molar-refractivity contribution is 7.89.